The van der Waals surface area contributed by atoms with Crippen molar-refractivity contribution in [3.05, 3.63) is 0 Å². The minimum atomic E-state index is -2.02. The average Bonchev–Trinajstić information content (AvgIpc) is 2.02. The van der Waals surface area contributed by atoms with E-state index < -0.39 is 24.2 Å². The standard InChI is InChI=1S/C8H13FO4/c1-3-8(9,4-2)13-7(12)5-6(10)11/h3-5H2,1-2H3,(H,10,11). The maximum Gasteiger partial charge on any atom is 0.319 e. The van der Waals surface area contributed by atoms with Crippen molar-refractivity contribution in [2.24, 2.45) is 0 Å². The molecule has 0 bridgehead atoms. The van der Waals surface area contributed by atoms with Crippen LogP contribution in [0.2, 0.25) is 0 Å². The Morgan fingerprint density at radius 3 is 2.15 bits per heavy atom. The minimum absolute atomic E-state index is 0.0227. The molecule has 1 N–H and O–H groups in total. The van der Waals surface area contributed by atoms with Crippen LogP contribution in [0, 0.1) is 0 Å². The molecule has 0 saturated heterocycles. The third-order valence-electron chi connectivity index (χ3n) is 1.65. The van der Waals surface area contributed by atoms with Crippen LogP contribution in [0.25, 0.3) is 0 Å². The van der Waals surface area contributed by atoms with Gasteiger partial charge in [0.05, 0.1) is 0 Å². The summed E-state index contributed by atoms with van der Waals surface area (Å²) < 4.78 is 17.7. The number of ether oxygens (including phenoxy) is 1. The third kappa shape index (κ3) is 4.45. The molecule has 0 aliphatic carbocycles. The van der Waals surface area contributed by atoms with Crippen molar-refractivity contribution in [2.45, 2.75) is 39.0 Å². The lowest BCUT2D eigenvalue weighted by atomic mass is 10.2. The zero-order valence-electron chi connectivity index (χ0n) is 7.67. The van der Waals surface area contributed by atoms with Gasteiger partial charge in [-0.1, -0.05) is 13.8 Å². The number of aliphatic carboxylic acids is 1. The molecule has 0 saturated carbocycles. The van der Waals surface area contributed by atoms with Crippen LogP contribution in [0.4, 0.5) is 4.39 Å². The van der Waals surface area contributed by atoms with Crippen LogP contribution in [0.15, 0.2) is 0 Å². The molecule has 0 atom stereocenters. The van der Waals surface area contributed by atoms with E-state index in [9.17, 15) is 14.0 Å². The SMILES string of the molecule is CCC(F)(CC)OC(=O)CC(=O)O. The highest BCUT2D eigenvalue weighted by Crippen LogP contribution is 2.22. The molecule has 0 aromatic carbocycles. The van der Waals surface area contributed by atoms with E-state index >= 15 is 0 Å². The molecule has 0 unspecified atom stereocenters. The van der Waals surface area contributed by atoms with Crippen molar-refractivity contribution in [3.8, 4) is 0 Å². The number of hydrogen-bond donors (Lipinski definition) is 1. The molecule has 0 aromatic heterocycles. The minimum Gasteiger partial charge on any atom is -0.481 e. The number of carboxylic acids is 1. The van der Waals surface area contributed by atoms with E-state index in [2.05, 4.69) is 4.74 Å². The number of carboxylic acid groups (broad SMARTS) is 1. The average molecular weight is 192 g/mol. The summed E-state index contributed by atoms with van der Waals surface area (Å²) in [6, 6.07) is 0. The first-order valence-corrected chi connectivity index (χ1v) is 4.06. The summed E-state index contributed by atoms with van der Waals surface area (Å²) in [7, 11) is 0. The topological polar surface area (TPSA) is 63.6 Å². The van der Waals surface area contributed by atoms with E-state index in [0.717, 1.165) is 0 Å². The fourth-order valence-electron chi connectivity index (χ4n) is 0.758. The van der Waals surface area contributed by atoms with Crippen molar-refractivity contribution in [2.75, 3.05) is 0 Å². The van der Waals surface area contributed by atoms with Crippen LogP contribution in [-0.2, 0) is 14.3 Å². The van der Waals surface area contributed by atoms with Gasteiger partial charge in [-0.3, -0.25) is 9.59 Å². The lowest BCUT2D eigenvalue weighted by molar-refractivity contribution is -0.185. The Morgan fingerprint density at radius 1 is 1.38 bits per heavy atom. The first kappa shape index (κ1) is 11.9. The quantitative estimate of drug-likeness (QED) is 0.529. The second-order valence-electron chi connectivity index (χ2n) is 2.63. The van der Waals surface area contributed by atoms with Crippen LogP contribution in [0.3, 0.4) is 0 Å². The number of carbonyl (C=O) groups excluding carboxylic acids is 1. The maximum atomic E-state index is 13.3. The van der Waals surface area contributed by atoms with Gasteiger partial charge in [0.1, 0.15) is 6.42 Å². The molecule has 13 heavy (non-hydrogen) atoms. The second kappa shape index (κ2) is 4.79. The Kier molecular flexibility index (Phi) is 4.37. The van der Waals surface area contributed by atoms with Crippen LogP contribution in [0.5, 0.6) is 0 Å². The Balaban J connectivity index is 4.09. The van der Waals surface area contributed by atoms with Crippen molar-refractivity contribution in [1.82, 2.24) is 0 Å². The van der Waals surface area contributed by atoms with Crippen molar-refractivity contribution < 1.29 is 23.8 Å². The highest BCUT2D eigenvalue weighted by molar-refractivity contribution is 5.90. The number of carbonyl (C=O) groups is 2. The molecule has 4 nitrogen and oxygen atoms in total. The van der Waals surface area contributed by atoms with Gasteiger partial charge >= 0.3 is 11.9 Å². The van der Waals surface area contributed by atoms with E-state index in [1.54, 1.807) is 0 Å². The second-order valence-corrected chi connectivity index (χ2v) is 2.63. The van der Waals surface area contributed by atoms with Gasteiger partial charge in [0.2, 0.25) is 0 Å². The number of rotatable bonds is 5. The number of alkyl halides is 1. The molecule has 0 rings (SSSR count). The van der Waals surface area contributed by atoms with Crippen molar-refractivity contribution in [3.63, 3.8) is 0 Å². The van der Waals surface area contributed by atoms with Gasteiger partial charge in [0.25, 0.3) is 5.85 Å². The molecule has 0 spiro atoms. The summed E-state index contributed by atoms with van der Waals surface area (Å²) in [4.78, 5) is 20.8. The van der Waals surface area contributed by atoms with Gasteiger partial charge < -0.3 is 9.84 Å². The summed E-state index contributed by atoms with van der Waals surface area (Å²) in [5.41, 5.74) is 0. The van der Waals surface area contributed by atoms with Gasteiger partial charge in [-0.25, -0.2) is 0 Å². The summed E-state index contributed by atoms with van der Waals surface area (Å²) in [5.74, 6) is -4.38. The van der Waals surface area contributed by atoms with E-state index in [4.69, 9.17) is 5.11 Å². The van der Waals surface area contributed by atoms with Gasteiger partial charge in [-0.2, -0.15) is 4.39 Å². The molecule has 0 fully saturated rings. The van der Waals surface area contributed by atoms with Crippen LogP contribution in [-0.4, -0.2) is 22.9 Å². The van der Waals surface area contributed by atoms with Crippen molar-refractivity contribution in [1.29, 1.82) is 0 Å². The van der Waals surface area contributed by atoms with E-state index in [0.29, 0.717) is 0 Å². The Morgan fingerprint density at radius 2 is 1.85 bits per heavy atom. The molecule has 0 heterocycles. The summed E-state index contributed by atoms with van der Waals surface area (Å²) in [5, 5.41) is 8.20. The Hall–Kier alpha value is -1.13. The highest BCUT2D eigenvalue weighted by atomic mass is 19.2. The van der Waals surface area contributed by atoms with E-state index in [1.807, 2.05) is 0 Å². The molecule has 0 aliphatic heterocycles. The molecular formula is C8H13FO4. The molecule has 0 aliphatic rings. The molecule has 0 radical (unpaired) electrons. The summed E-state index contributed by atoms with van der Waals surface area (Å²) in [6.45, 7) is 3.05. The largest absolute Gasteiger partial charge is 0.481 e. The van der Waals surface area contributed by atoms with E-state index in [1.165, 1.54) is 13.8 Å². The predicted octanol–water partition coefficient (Wildman–Crippen LogP) is 1.49. The van der Waals surface area contributed by atoms with Gasteiger partial charge in [0.15, 0.2) is 0 Å². The van der Waals surface area contributed by atoms with Crippen LogP contribution in [0.1, 0.15) is 33.1 Å². The molecule has 0 aromatic rings. The first-order chi connectivity index (χ1) is 5.93. The zero-order chi connectivity index (χ0) is 10.5. The third-order valence-corrected chi connectivity index (χ3v) is 1.65. The van der Waals surface area contributed by atoms with Gasteiger partial charge in [-0.05, 0) is 0 Å². The Labute approximate surface area is 75.7 Å². The number of esters is 1. The predicted molar refractivity (Wildman–Crippen MR) is 42.8 cm³/mol. The normalized spacial score (nSPS) is 11.0. The van der Waals surface area contributed by atoms with E-state index in [-0.39, 0.29) is 12.8 Å². The fraction of sp³-hybridized carbons (Fsp3) is 0.750. The van der Waals surface area contributed by atoms with Crippen molar-refractivity contribution >= 4 is 11.9 Å². The fourth-order valence-corrected chi connectivity index (χ4v) is 0.758. The first-order valence-electron chi connectivity index (χ1n) is 4.06. The zero-order valence-corrected chi connectivity index (χ0v) is 7.67. The van der Waals surface area contributed by atoms with Gasteiger partial charge in [-0.15, -0.1) is 0 Å². The molecule has 5 heteroatoms. The van der Waals surface area contributed by atoms with Gasteiger partial charge in [0, 0.05) is 12.8 Å². The highest BCUT2D eigenvalue weighted by Gasteiger charge is 2.30. The lowest BCUT2D eigenvalue weighted by Gasteiger charge is -2.21. The smallest absolute Gasteiger partial charge is 0.319 e. The molecular weight excluding hydrogens is 179 g/mol. The number of hydrogen-bond acceptors (Lipinski definition) is 3. The monoisotopic (exact) mass is 192 g/mol. The lowest BCUT2D eigenvalue weighted by Crippen LogP contribution is -2.29. The molecule has 0 amide bonds. The van der Waals surface area contributed by atoms with Crippen LogP contribution < -0.4 is 0 Å². The van der Waals surface area contributed by atoms with Crippen LogP contribution >= 0.6 is 0 Å². The Bertz CT molecular complexity index is 198. The number of halogens is 1. The maximum absolute atomic E-state index is 13.3. The molecule has 76 valence electrons. The summed E-state index contributed by atoms with van der Waals surface area (Å²) in [6.07, 6.45) is -0.755. The summed E-state index contributed by atoms with van der Waals surface area (Å²) >= 11 is 0.